The van der Waals surface area contributed by atoms with Gasteiger partial charge in [0.2, 0.25) is 0 Å². The molecule has 0 amide bonds. The van der Waals surface area contributed by atoms with Crippen molar-refractivity contribution in [1.82, 2.24) is 9.97 Å². The zero-order chi connectivity index (χ0) is 23.2. The molecule has 0 radical (unpaired) electrons. The number of rotatable bonds is 9. The summed E-state index contributed by atoms with van der Waals surface area (Å²) in [6.07, 6.45) is 4.30. The van der Waals surface area contributed by atoms with E-state index in [1.807, 2.05) is 19.1 Å². The summed E-state index contributed by atoms with van der Waals surface area (Å²) < 4.78 is 0. The van der Waals surface area contributed by atoms with Crippen LogP contribution in [0.4, 0.5) is 22.9 Å². The van der Waals surface area contributed by atoms with E-state index in [0.29, 0.717) is 41.4 Å². The van der Waals surface area contributed by atoms with Gasteiger partial charge in [0.05, 0.1) is 10.4 Å². The predicted octanol–water partition coefficient (Wildman–Crippen LogP) is 4.18. The summed E-state index contributed by atoms with van der Waals surface area (Å²) in [5.74, 6) is 0.949. The molecule has 0 bridgehead atoms. The zero-order valence-electron chi connectivity index (χ0n) is 18.8. The van der Waals surface area contributed by atoms with E-state index >= 15 is 0 Å². The lowest BCUT2D eigenvalue weighted by Gasteiger charge is -2.34. The van der Waals surface area contributed by atoms with Gasteiger partial charge in [0.1, 0.15) is 17.8 Å². The second kappa shape index (κ2) is 10.4. The Kier molecular flexibility index (Phi) is 7.19. The number of hydrogen-bond donors (Lipinski definition) is 3. The number of benzene rings is 2. The zero-order valence-corrected chi connectivity index (χ0v) is 18.8. The van der Waals surface area contributed by atoms with Crippen molar-refractivity contribution in [3.05, 3.63) is 58.4 Å². The maximum atomic E-state index is 11.7. The van der Waals surface area contributed by atoms with Crippen LogP contribution in [0.3, 0.4) is 0 Å². The van der Waals surface area contributed by atoms with Crippen LogP contribution in [0.15, 0.2) is 42.7 Å². The van der Waals surface area contributed by atoms with Gasteiger partial charge in [0.25, 0.3) is 5.69 Å². The molecular weight excluding hydrogens is 420 g/mol. The van der Waals surface area contributed by atoms with Gasteiger partial charge in [-0.2, -0.15) is 0 Å². The van der Waals surface area contributed by atoms with E-state index in [9.17, 15) is 15.2 Å². The molecule has 174 valence electrons. The highest BCUT2D eigenvalue weighted by Crippen LogP contribution is 2.33. The van der Waals surface area contributed by atoms with E-state index in [0.717, 1.165) is 43.6 Å². The van der Waals surface area contributed by atoms with Gasteiger partial charge in [0.15, 0.2) is 0 Å². The van der Waals surface area contributed by atoms with Crippen molar-refractivity contribution < 1.29 is 10.0 Å². The summed E-state index contributed by atoms with van der Waals surface area (Å²) in [5, 5.41) is 28.2. The molecule has 9 heteroatoms. The number of aliphatic hydroxyl groups is 1. The van der Waals surface area contributed by atoms with Gasteiger partial charge in [-0.3, -0.25) is 10.1 Å². The monoisotopic (exact) mass is 450 g/mol. The van der Waals surface area contributed by atoms with Crippen molar-refractivity contribution in [2.24, 2.45) is 5.92 Å². The van der Waals surface area contributed by atoms with Gasteiger partial charge in [0, 0.05) is 49.9 Å². The molecule has 1 fully saturated rings. The molecular formula is C24H30N6O3. The third-order valence-corrected chi connectivity index (χ3v) is 6.17. The SMILES string of the molecule is CCCNc1cc2ncnc(NCc3ccccc3N3CCC(CO)CC3)c2cc1[N+](=O)[O-]. The minimum absolute atomic E-state index is 0.0148. The van der Waals surface area contributed by atoms with Gasteiger partial charge >= 0.3 is 0 Å². The molecule has 3 N–H and O–H groups in total. The van der Waals surface area contributed by atoms with Crippen LogP contribution in [0.5, 0.6) is 0 Å². The Hall–Kier alpha value is -3.46. The van der Waals surface area contributed by atoms with Crippen molar-refractivity contribution >= 4 is 33.8 Å². The Bertz CT molecular complexity index is 1110. The highest BCUT2D eigenvalue weighted by molar-refractivity contribution is 5.94. The molecule has 0 unspecified atom stereocenters. The fourth-order valence-corrected chi connectivity index (χ4v) is 4.29. The first-order valence-electron chi connectivity index (χ1n) is 11.4. The van der Waals surface area contributed by atoms with E-state index in [-0.39, 0.29) is 17.2 Å². The number of anilines is 3. The molecule has 0 saturated carbocycles. The van der Waals surface area contributed by atoms with Gasteiger partial charge in [-0.25, -0.2) is 9.97 Å². The van der Waals surface area contributed by atoms with Crippen LogP contribution in [0.2, 0.25) is 0 Å². The molecule has 0 spiro atoms. The van der Waals surface area contributed by atoms with Crippen LogP contribution in [-0.2, 0) is 6.54 Å². The molecule has 1 aliphatic heterocycles. The fourth-order valence-electron chi connectivity index (χ4n) is 4.29. The van der Waals surface area contributed by atoms with Crippen LogP contribution in [-0.4, -0.2) is 46.2 Å². The van der Waals surface area contributed by atoms with Crippen LogP contribution >= 0.6 is 0 Å². The smallest absolute Gasteiger partial charge is 0.293 e. The third kappa shape index (κ3) is 5.14. The molecule has 1 saturated heterocycles. The number of aromatic nitrogens is 2. The van der Waals surface area contributed by atoms with Crippen LogP contribution < -0.4 is 15.5 Å². The Labute approximate surface area is 193 Å². The number of fused-ring (bicyclic) bond motifs is 1. The lowest BCUT2D eigenvalue weighted by molar-refractivity contribution is -0.383. The number of piperidine rings is 1. The summed E-state index contributed by atoms with van der Waals surface area (Å²) in [7, 11) is 0. The van der Waals surface area contributed by atoms with E-state index in [2.05, 4.69) is 37.6 Å². The van der Waals surface area contributed by atoms with E-state index in [4.69, 9.17) is 0 Å². The first kappa shape index (κ1) is 22.7. The van der Waals surface area contributed by atoms with E-state index in [1.54, 1.807) is 12.1 Å². The number of nitro groups is 1. The second-order valence-corrected chi connectivity index (χ2v) is 8.39. The standard InChI is InChI=1S/C24H30N6O3/c1-2-9-25-21-13-20-19(12-23(21)30(32)33)24(28-16-27-20)26-14-18-5-3-4-6-22(18)29-10-7-17(15-31)8-11-29/h3-6,12-13,16-17,25,31H,2,7-11,14-15H2,1H3,(H,26,27,28). The topological polar surface area (TPSA) is 116 Å². The molecule has 3 aromatic rings. The van der Waals surface area contributed by atoms with Gasteiger partial charge in [-0.1, -0.05) is 25.1 Å². The quantitative estimate of drug-likeness (QED) is 0.328. The van der Waals surface area contributed by atoms with Gasteiger partial charge < -0.3 is 20.6 Å². The highest BCUT2D eigenvalue weighted by Gasteiger charge is 2.21. The van der Waals surface area contributed by atoms with Crippen molar-refractivity contribution in [3.63, 3.8) is 0 Å². The molecule has 4 rings (SSSR count). The number of nitro benzene ring substituents is 1. The average molecular weight is 451 g/mol. The normalized spacial score (nSPS) is 14.4. The average Bonchev–Trinajstić information content (AvgIpc) is 2.85. The summed E-state index contributed by atoms with van der Waals surface area (Å²) in [5.41, 5.74) is 3.42. The van der Waals surface area contributed by atoms with Crippen molar-refractivity contribution in [3.8, 4) is 0 Å². The summed E-state index contributed by atoms with van der Waals surface area (Å²) in [6.45, 7) is 5.27. The van der Waals surface area contributed by atoms with E-state index < -0.39 is 0 Å². The first-order valence-corrected chi connectivity index (χ1v) is 11.4. The maximum Gasteiger partial charge on any atom is 0.293 e. The second-order valence-electron chi connectivity index (χ2n) is 8.39. The van der Waals surface area contributed by atoms with Crippen molar-refractivity contribution in [1.29, 1.82) is 0 Å². The molecule has 1 aromatic heterocycles. The van der Waals surface area contributed by atoms with Gasteiger partial charge in [-0.05, 0) is 42.9 Å². The maximum absolute atomic E-state index is 11.7. The third-order valence-electron chi connectivity index (χ3n) is 6.17. The largest absolute Gasteiger partial charge is 0.396 e. The molecule has 2 aromatic carbocycles. The fraction of sp³-hybridized carbons (Fsp3) is 0.417. The lowest BCUT2D eigenvalue weighted by atomic mass is 9.97. The summed E-state index contributed by atoms with van der Waals surface area (Å²) >= 11 is 0. The van der Waals surface area contributed by atoms with Gasteiger partial charge in [-0.15, -0.1) is 0 Å². The van der Waals surface area contributed by atoms with Crippen LogP contribution in [0.1, 0.15) is 31.7 Å². The Balaban J connectivity index is 1.58. The highest BCUT2D eigenvalue weighted by atomic mass is 16.6. The Morgan fingerprint density at radius 3 is 2.70 bits per heavy atom. The first-order chi connectivity index (χ1) is 16.1. The minimum atomic E-state index is -0.375. The minimum Gasteiger partial charge on any atom is -0.396 e. The van der Waals surface area contributed by atoms with Crippen LogP contribution in [0.25, 0.3) is 10.9 Å². The Morgan fingerprint density at radius 1 is 1.18 bits per heavy atom. The molecule has 0 aliphatic carbocycles. The molecule has 1 aliphatic rings. The predicted molar refractivity (Wildman–Crippen MR) is 131 cm³/mol. The molecule has 0 atom stereocenters. The summed E-state index contributed by atoms with van der Waals surface area (Å²) in [4.78, 5) is 22.4. The molecule has 2 heterocycles. The number of aliphatic hydroxyl groups excluding tert-OH is 1. The van der Waals surface area contributed by atoms with Crippen LogP contribution in [0, 0.1) is 16.0 Å². The van der Waals surface area contributed by atoms with E-state index in [1.165, 1.54) is 6.33 Å². The number of para-hydroxylation sites is 1. The lowest BCUT2D eigenvalue weighted by Crippen LogP contribution is -2.35. The number of hydrogen-bond acceptors (Lipinski definition) is 8. The molecule has 33 heavy (non-hydrogen) atoms. The number of nitrogens with zero attached hydrogens (tertiary/aromatic N) is 4. The summed E-state index contributed by atoms with van der Waals surface area (Å²) in [6, 6.07) is 11.5. The number of nitrogens with one attached hydrogen (secondary N) is 2. The Morgan fingerprint density at radius 2 is 1.97 bits per heavy atom. The van der Waals surface area contributed by atoms with Crippen molar-refractivity contribution in [2.75, 3.05) is 41.8 Å². The van der Waals surface area contributed by atoms with Crippen molar-refractivity contribution in [2.45, 2.75) is 32.7 Å². The molecule has 9 nitrogen and oxygen atoms in total.